The van der Waals surface area contributed by atoms with Crippen LogP contribution in [-0.2, 0) is 6.54 Å². The first kappa shape index (κ1) is 14.9. The second kappa shape index (κ2) is 7.34. The van der Waals surface area contributed by atoms with Crippen molar-refractivity contribution in [1.82, 2.24) is 10.3 Å². The van der Waals surface area contributed by atoms with Gasteiger partial charge in [0.2, 0.25) is 0 Å². The summed E-state index contributed by atoms with van der Waals surface area (Å²) in [6.45, 7) is 2.12. The van der Waals surface area contributed by atoms with Gasteiger partial charge in [0.1, 0.15) is 0 Å². The zero-order chi connectivity index (χ0) is 15.2. The van der Waals surface area contributed by atoms with Gasteiger partial charge in [0, 0.05) is 23.9 Å². The molecule has 3 aromatic rings. The van der Waals surface area contributed by atoms with E-state index < -0.39 is 0 Å². The first-order valence-corrected chi connectivity index (χ1v) is 7.98. The number of hydrogen-bond acceptors (Lipinski definition) is 3. The van der Waals surface area contributed by atoms with Crippen LogP contribution in [0.1, 0.15) is 24.8 Å². The molecule has 0 unspecified atom stereocenters. The molecule has 0 saturated heterocycles. The van der Waals surface area contributed by atoms with Gasteiger partial charge in [-0.05, 0) is 43.5 Å². The standard InChI is InChI=1S/C19H22N2O/c22-13-7-1-6-12-20-14-17-15-8-2-4-10-18(15)21-19-11-5-3-9-16(17)19/h2-5,8-11,20,22H,1,6-7,12-14H2. The average Bonchev–Trinajstić information content (AvgIpc) is 2.57. The highest BCUT2D eigenvalue weighted by Crippen LogP contribution is 2.25. The number of aromatic nitrogens is 1. The van der Waals surface area contributed by atoms with Gasteiger partial charge in [-0.3, -0.25) is 0 Å². The molecule has 2 aromatic carbocycles. The molecule has 0 bridgehead atoms. The highest BCUT2D eigenvalue weighted by atomic mass is 16.2. The molecule has 0 radical (unpaired) electrons. The Morgan fingerprint density at radius 2 is 1.45 bits per heavy atom. The van der Waals surface area contributed by atoms with Crippen molar-refractivity contribution in [3.05, 3.63) is 54.1 Å². The number of benzene rings is 2. The van der Waals surface area contributed by atoms with Gasteiger partial charge in [-0.15, -0.1) is 0 Å². The van der Waals surface area contributed by atoms with E-state index in [1.807, 2.05) is 12.1 Å². The summed E-state index contributed by atoms with van der Waals surface area (Å²) in [7, 11) is 0. The SMILES string of the molecule is OCCCCCNCc1c2ccccc2nc2ccccc12. The summed E-state index contributed by atoms with van der Waals surface area (Å²) in [6, 6.07) is 16.7. The van der Waals surface area contributed by atoms with Gasteiger partial charge in [-0.2, -0.15) is 0 Å². The summed E-state index contributed by atoms with van der Waals surface area (Å²) in [5.41, 5.74) is 3.43. The van der Waals surface area contributed by atoms with E-state index in [1.54, 1.807) is 0 Å². The Kier molecular flexibility index (Phi) is 4.99. The third-order valence-electron chi connectivity index (χ3n) is 4.01. The van der Waals surface area contributed by atoms with Crippen molar-refractivity contribution in [2.24, 2.45) is 0 Å². The number of nitrogens with zero attached hydrogens (tertiary/aromatic N) is 1. The maximum atomic E-state index is 8.81. The van der Waals surface area contributed by atoms with E-state index in [-0.39, 0.29) is 0 Å². The lowest BCUT2D eigenvalue weighted by molar-refractivity contribution is 0.283. The summed E-state index contributed by atoms with van der Waals surface area (Å²) in [6.07, 6.45) is 3.06. The summed E-state index contributed by atoms with van der Waals surface area (Å²) in [4.78, 5) is 4.75. The lowest BCUT2D eigenvalue weighted by atomic mass is 10.0. The van der Waals surface area contributed by atoms with Crippen LogP contribution in [0.5, 0.6) is 0 Å². The Hall–Kier alpha value is -1.97. The summed E-state index contributed by atoms with van der Waals surface area (Å²) in [5.74, 6) is 0. The number of pyridine rings is 1. The number of nitrogens with one attached hydrogen (secondary N) is 1. The molecule has 3 rings (SSSR count). The van der Waals surface area contributed by atoms with Gasteiger partial charge >= 0.3 is 0 Å². The van der Waals surface area contributed by atoms with Crippen molar-refractivity contribution in [2.75, 3.05) is 13.2 Å². The van der Waals surface area contributed by atoms with Crippen molar-refractivity contribution in [1.29, 1.82) is 0 Å². The fraction of sp³-hybridized carbons (Fsp3) is 0.316. The van der Waals surface area contributed by atoms with E-state index in [9.17, 15) is 0 Å². The minimum atomic E-state index is 0.291. The third-order valence-corrected chi connectivity index (χ3v) is 4.01. The molecule has 1 heterocycles. The van der Waals surface area contributed by atoms with Gasteiger partial charge in [0.05, 0.1) is 11.0 Å². The number of para-hydroxylation sites is 2. The maximum absolute atomic E-state index is 8.81. The number of unbranched alkanes of at least 4 members (excludes halogenated alkanes) is 2. The second-order valence-electron chi connectivity index (χ2n) is 5.59. The first-order valence-electron chi connectivity index (χ1n) is 7.98. The van der Waals surface area contributed by atoms with Crippen LogP contribution in [0.25, 0.3) is 21.8 Å². The van der Waals surface area contributed by atoms with Crippen molar-refractivity contribution in [2.45, 2.75) is 25.8 Å². The number of aliphatic hydroxyl groups excluding tert-OH is 1. The molecule has 0 aliphatic carbocycles. The van der Waals surface area contributed by atoms with Gasteiger partial charge in [0.15, 0.2) is 0 Å². The van der Waals surface area contributed by atoms with Gasteiger partial charge in [-0.1, -0.05) is 36.4 Å². The zero-order valence-corrected chi connectivity index (χ0v) is 12.8. The number of hydrogen-bond donors (Lipinski definition) is 2. The fourth-order valence-corrected chi connectivity index (χ4v) is 2.87. The van der Waals surface area contributed by atoms with Crippen LogP contribution in [0.2, 0.25) is 0 Å². The van der Waals surface area contributed by atoms with E-state index in [0.29, 0.717) is 6.61 Å². The fourth-order valence-electron chi connectivity index (χ4n) is 2.87. The molecule has 0 aliphatic heterocycles. The lowest BCUT2D eigenvalue weighted by Crippen LogP contribution is -2.15. The van der Waals surface area contributed by atoms with Crippen molar-refractivity contribution in [3.8, 4) is 0 Å². The first-order chi connectivity index (χ1) is 10.9. The molecule has 1 aromatic heterocycles. The largest absolute Gasteiger partial charge is 0.396 e. The molecular formula is C19H22N2O. The Morgan fingerprint density at radius 3 is 2.09 bits per heavy atom. The molecule has 0 saturated carbocycles. The highest BCUT2D eigenvalue weighted by molar-refractivity contribution is 5.97. The smallest absolute Gasteiger partial charge is 0.0713 e. The molecule has 0 fully saturated rings. The zero-order valence-electron chi connectivity index (χ0n) is 12.8. The predicted octanol–water partition coefficient (Wildman–Crippen LogP) is 3.64. The number of rotatable bonds is 7. The molecule has 22 heavy (non-hydrogen) atoms. The van der Waals surface area contributed by atoms with Crippen LogP contribution in [0.15, 0.2) is 48.5 Å². The molecular weight excluding hydrogens is 272 g/mol. The number of aliphatic hydroxyl groups is 1. The van der Waals surface area contributed by atoms with Crippen LogP contribution in [0, 0.1) is 0 Å². The molecule has 0 spiro atoms. The van der Waals surface area contributed by atoms with Gasteiger partial charge in [0.25, 0.3) is 0 Å². The van der Waals surface area contributed by atoms with Crippen LogP contribution in [0.4, 0.5) is 0 Å². The predicted molar refractivity (Wildman–Crippen MR) is 91.9 cm³/mol. The summed E-state index contributed by atoms with van der Waals surface area (Å²) < 4.78 is 0. The van der Waals surface area contributed by atoms with E-state index >= 15 is 0 Å². The lowest BCUT2D eigenvalue weighted by Gasteiger charge is -2.12. The molecule has 114 valence electrons. The van der Waals surface area contributed by atoms with Crippen LogP contribution >= 0.6 is 0 Å². The maximum Gasteiger partial charge on any atom is 0.0713 e. The van der Waals surface area contributed by atoms with Crippen molar-refractivity contribution in [3.63, 3.8) is 0 Å². The monoisotopic (exact) mass is 294 g/mol. The molecule has 0 aliphatic rings. The third kappa shape index (κ3) is 3.26. The average molecular weight is 294 g/mol. The Labute approximate surface area is 131 Å². The highest BCUT2D eigenvalue weighted by Gasteiger charge is 2.07. The number of fused-ring (bicyclic) bond motifs is 2. The molecule has 3 nitrogen and oxygen atoms in total. The van der Waals surface area contributed by atoms with E-state index in [1.165, 1.54) is 16.3 Å². The van der Waals surface area contributed by atoms with E-state index in [2.05, 4.69) is 41.7 Å². The van der Waals surface area contributed by atoms with Gasteiger partial charge < -0.3 is 10.4 Å². The van der Waals surface area contributed by atoms with Crippen molar-refractivity contribution >= 4 is 21.8 Å². The summed E-state index contributed by atoms with van der Waals surface area (Å²) in [5, 5.41) is 14.8. The quantitative estimate of drug-likeness (QED) is 0.516. The Morgan fingerprint density at radius 1 is 0.818 bits per heavy atom. The Bertz CT molecular complexity index is 701. The van der Waals surface area contributed by atoms with Crippen molar-refractivity contribution < 1.29 is 5.11 Å². The minimum Gasteiger partial charge on any atom is -0.396 e. The second-order valence-corrected chi connectivity index (χ2v) is 5.59. The topological polar surface area (TPSA) is 45.1 Å². The molecule has 0 amide bonds. The van der Waals surface area contributed by atoms with Crippen LogP contribution in [-0.4, -0.2) is 23.2 Å². The van der Waals surface area contributed by atoms with E-state index in [0.717, 1.165) is 43.4 Å². The molecule has 0 atom stereocenters. The minimum absolute atomic E-state index is 0.291. The summed E-state index contributed by atoms with van der Waals surface area (Å²) >= 11 is 0. The van der Waals surface area contributed by atoms with Crippen LogP contribution < -0.4 is 5.32 Å². The normalized spacial score (nSPS) is 11.3. The molecule has 2 N–H and O–H groups in total. The molecule has 3 heteroatoms. The van der Waals surface area contributed by atoms with Crippen LogP contribution in [0.3, 0.4) is 0 Å². The van der Waals surface area contributed by atoms with Gasteiger partial charge in [-0.25, -0.2) is 4.98 Å². The van der Waals surface area contributed by atoms with E-state index in [4.69, 9.17) is 10.1 Å². The Balaban J connectivity index is 1.85.